The maximum atomic E-state index is 6.48. The molecule has 4 fully saturated rings. The third-order valence-electron chi connectivity index (χ3n) is 12.4. The number of fused-ring (bicyclic) bond motifs is 5. The largest absolute Gasteiger partial charge is 0.378 e. The van der Waals surface area contributed by atoms with Crippen LogP contribution in [0.25, 0.3) is 0 Å². The van der Waals surface area contributed by atoms with E-state index in [0.717, 1.165) is 42.1 Å². The van der Waals surface area contributed by atoms with Gasteiger partial charge in [-0.15, -0.1) is 0 Å². The first-order chi connectivity index (χ1) is 17.3. The van der Waals surface area contributed by atoms with Crippen molar-refractivity contribution in [3.05, 3.63) is 11.6 Å². The quantitative estimate of drug-likeness (QED) is 0.221. The summed E-state index contributed by atoms with van der Waals surface area (Å²) in [6.07, 6.45) is 22.8. The molecule has 0 aromatic rings. The summed E-state index contributed by atoms with van der Waals surface area (Å²) in [5.74, 6) is 5.60. The van der Waals surface area contributed by atoms with Gasteiger partial charge in [-0.1, -0.05) is 65.5 Å². The van der Waals surface area contributed by atoms with Crippen molar-refractivity contribution < 1.29 is 4.74 Å². The minimum Gasteiger partial charge on any atom is -0.378 e. The van der Waals surface area contributed by atoms with Crippen LogP contribution in [0.5, 0.6) is 0 Å². The number of nitrogens with zero attached hydrogens (tertiary/aromatic N) is 1. The van der Waals surface area contributed by atoms with Crippen LogP contribution in [0, 0.1) is 46.3 Å². The normalized spacial score (nSPS) is 41.6. The van der Waals surface area contributed by atoms with Gasteiger partial charge < -0.3 is 9.64 Å². The number of hydrogen-bond donors (Lipinski definition) is 0. The first kappa shape index (κ1) is 27.2. The van der Waals surface area contributed by atoms with Crippen LogP contribution in [0.15, 0.2) is 11.6 Å². The van der Waals surface area contributed by atoms with Gasteiger partial charge in [0.15, 0.2) is 0 Å². The molecule has 0 N–H and O–H groups in total. The van der Waals surface area contributed by atoms with Gasteiger partial charge in [-0.25, -0.2) is 0 Å². The molecule has 5 rings (SSSR count). The average molecular weight is 498 g/mol. The van der Waals surface area contributed by atoms with Crippen LogP contribution in [0.2, 0.25) is 0 Å². The van der Waals surface area contributed by atoms with E-state index in [1.807, 2.05) is 0 Å². The molecule has 0 bridgehead atoms. The first-order valence-electron chi connectivity index (χ1n) is 16.3. The van der Waals surface area contributed by atoms with Gasteiger partial charge in [0, 0.05) is 13.2 Å². The highest BCUT2D eigenvalue weighted by atomic mass is 16.5. The van der Waals surface area contributed by atoms with Gasteiger partial charge in [-0.2, -0.15) is 0 Å². The molecule has 0 unspecified atom stereocenters. The molecule has 1 heterocycles. The molecule has 0 aromatic heterocycles. The molecule has 0 radical (unpaired) electrons. The fraction of sp³-hybridized carbons (Fsp3) is 0.941. The van der Waals surface area contributed by atoms with Crippen molar-refractivity contribution in [1.29, 1.82) is 0 Å². The average Bonchev–Trinajstić information content (AvgIpc) is 3.49. The van der Waals surface area contributed by atoms with Crippen molar-refractivity contribution in [2.45, 2.75) is 131 Å². The zero-order valence-electron chi connectivity index (χ0n) is 24.7. The molecule has 1 saturated heterocycles. The topological polar surface area (TPSA) is 12.5 Å². The highest BCUT2D eigenvalue weighted by Gasteiger charge is 2.59. The van der Waals surface area contributed by atoms with Crippen LogP contribution >= 0.6 is 0 Å². The summed E-state index contributed by atoms with van der Waals surface area (Å²) in [4.78, 5) is 2.63. The molecule has 1 aliphatic heterocycles. The number of likely N-dealkylation sites (tertiary alicyclic amines) is 1. The van der Waals surface area contributed by atoms with Crippen LogP contribution < -0.4 is 0 Å². The highest BCUT2D eigenvalue weighted by Crippen LogP contribution is 2.67. The van der Waals surface area contributed by atoms with Crippen molar-refractivity contribution in [3.63, 3.8) is 0 Å². The number of rotatable bonds is 10. The number of ether oxygens (including phenoxy) is 1. The minimum atomic E-state index is 0.459. The molecule has 5 aliphatic rings. The van der Waals surface area contributed by atoms with Gasteiger partial charge in [-0.05, 0) is 130 Å². The zero-order valence-corrected chi connectivity index (χ0v) is 24.7. The summed E-state index contributed by atoms with van der Waals surface area (Å²) in [5, 5.41) is 0. The summed E-state index contributed by atoms with van der Waals surface area (Å²) >= 11 is 0. The van der Waals surface area contributed by atoms with Gasteiger partial charge in [0.2, 0.25) is 0 Å². The van der Waals surface area contributed by atoms with Crippen molar-refractivity contribution in [3.8, 4) is 0 Å². The van der Waals surface area contributed by atoms with E-state index in [1.54, 1.807) is 5.57 Å². The number of allylic oxidation sites excluding steroid dienone is 1. The van der Waals surface area contributed by atoms with E-state index in [0.29, 0.717) is 16.9 Å². The highest BCUT2D eigenvalue weighted by molar-refractivity contribution is 5.25. The molecule has 4 aliphatic carbocycles. The Labute approximate surface area is 224 Å². The maximum Gasteiger partial charge on any atom is 0.0612 e. The van der Waals surface area contributed by atoms with E-state index in [9.17, 15) is 0 Å². The predicted octanol–water partition coefficient (Wildman–Crippen LogP) is 8.90. The second kappa shape index (κ2) is 11.4. The Balaban J connectivity index is 1.17. The Morgan fingerprint density at radius 1 is 0.944 bits per heavy atom. The lowest BCUT2D eigenvalue weighted by Gasteiger charge is -2.58. The van der Waals surface area contributed by atoms with E-state index >= 15 is 0 Å². The Hall–Kier alpha value is -0.340. The van der Waals surface area contributed by atoms with Gasteiger partial charge in [-0.3, -0.25) is 0 Å². The SMILES string of the molecule is CC(C)CCC[C@@H](C)[C@H]1CC[C@H]2[C@@H]3CC=C4C[C@@H](OCCCN5CCCC5)CC[C@]4(C)[C@H]3CC[C@]12C. The molecule has 8 atom stereocenters. The summed E-state index contributed by atoms with van der Waals surface area (Å²) in [6, 6.07) is 0. The standard InChI is InChI=1S/C34H59NO/c1-25(2)10-8-11-26(3)30-14-15-31-29-13-12-27-24-28(36-23-9-22-35-20-6-7-21-35)16-18-33(27,4)32(29)17-19-34(30,31)5/h12,25-26,28-32H,6-11,13-24H2,1-5H3/t26-,28+,29+,30-,31+,32+,33+,34-/m1/s1. The van der Waals surface area contributed by atoms with Gasteiger partial charge in [0.05, 0.1) is 6.10 Å². The van der Waals surface area contributed by atoms with Crippen molar-refractivity contribution >= 4 is 0 Å². The molecular weight excluding hydrogens is 438 g/mol. The molecule has 36 heavy (non-hydrogen) atoms. The molecule has 0 amide bonds. The Bertz CT molecular complexity index is 752. The summed E-state index contributed by atoms with van der Waals surface area (Å²) < 4.78 is 6.48. The third kappa shape index (κ3) is 5.38. The van der Waals surface area contributed by atoms with E-state index < -0.39 is 0 Å². The van der Waals surface area contributed by atoms with Crippen LogP contribution in [0.1, 0.15) is 125 Å². The fourth-order valence-electron chi connectivity index (χ4n) is 10.3. The van der Waals surface area contributed by atoms with Gasteiger partial charge in [0.25, 0.3) is 0 Å². The lowest BCUT2D eigenvalue weighted by atomic mass is 9.47. The minimum absolute atomic E-state index is 0.459. The Morgan fingerprint density at radius 3 is 2.53 bits per heavy atom. The Kier molecular flexibility index (Phi) is 8.63. The van der Waals surface area contributed by atoms with Crippen molar-refractivity contribution in [2.75, 3.05) is 26.2 Å². The lowest BCUT2D eigenvalue weighted by molar-refractivity contribution is -0.0642. The van der Waals surface area contributed by atoms with Crippen LogP contribution in [0.3, 0.4) is 0 Å². The Morgan fingerprint density at radius 2 is 1.75 bits per heavy atom. The lowest BCUT2D eigenvalue weighted by Crippen LogP contribution is -2.51. The molecule has 0 aromatic carbocycles. The molecule has 206 valence electrons. The van der Waals surface area contributed by atoms with Crippen LogP contribution in [-0.2, 0) is 4.74 Å². The predicted molar refractivity (Wildman–Crippen MR) is 153 cm³/mol. The van der Waals surface area contributed by atoms with Crippen molar-refractivity contribution in [1.82, 2.24) is 4.90 Å². The number of hydrogen-bond acceptors (Lipinski definition) is 2. The van der Waals surface area contributed by atoms with E-state index in [-0.39, 0.29) is 0 Å². The van der Waals surface area contributed by atoms with Crippen LogP contribution in [0.4, 0.5) is 0 Å². The molecule has 3 saturated carbocycles. The smallest absolute Gasteiger partial charge is 0.0612 e. The van der Waals surface area contributed by atoms with Gasteiger partial charge >= 0.3 is 0 Å². The molecule has 0 spiro atoms. The van der Waals surface area contributed by atoms with E-state index in [2.05, 4.69) is 45.6 Å². The van der Waals surface area contributed by atoms with E-state index in [1.165, 1.54) is 110 Å². The first-order valence-corrected chi connectivity index (χ1v) is 16.3. The molecular formula is C34H59NO. The zero-order chi connectivity index (χ0) is 25.3. The van der Waals surface area contributed by atoms with Crippen molar-refractivity contribution in [2.24, 2.45) is 46.3 Å². The summed E-state index contributed by atoms with van der Waals surface area (Å²) in [5.41, 5.74) is 2.86. The molecule has 2 heteroatoms. The second-order valence-electron chi connectivity index (χ2n) is 14.9. The maximum absolute atomic E-state index is 6.48. The summed E-state index contributed by atoms with van der Waals surface area (Å²) in [6.45, 7) is 17.6. The third-order valence-corrected chi connectivity index (χ3v) is 12.4. The summed E-state index contributed by atoms with van der Waals surface area (Å²) in [7, 11) is 0. The van der Waals surface area contributed by atoms with E-state index in [4.69, 9.17) is 4.74 Å². The van der Waals surface area contributed by atoms with Crippen LogP contribution in [-0.4, -0.2) is 37.2 Å². The second-order valence-corrected chi connectivity index (χ2v) is 14.9. The fourth-order valence-corrected chi connectivity index (χ4v) is 10.3. The monoisotopic (exact) mass is 497 g/mol. The molecule has 2 nitrogen and oxygen atoms in total. The van der Waals surface area contributed by atoms with Gasteiger partial charge in [0.1, 0.15) is 0 Å².